The van der Waals surface area contributed by atoms with Crippen molar-refractivity contribution in [2.75, 3.05) is 19.7 Å². The van der Waals surface area contributed by atoms with Gasteiger partial charge in [-0.25, -0.2) is 0 Å². The summed E-state index contributed by atoms with van der Waals surface area (Å²) < 4.78 is 6.05. The fraction of sp³-hybridized carbons (Fsp3) is 1.00. The average Bonchev–Trinajstić information content (AvgIpc) is 2.96. The molecule has 0 amide bonds. The lowest BCUT2D eigenvalue weighted by Gasteiger charge is -2.62. The number of fused-ring (bicyclic) bond motifs is 1. The number of nitrogens with one attached hydrogen (secondary N) is 1. The van der Waals surface area contributed by atoms with Crippen LogP contribution in [0.25, 0.3) is 0 Å². The molecule has 1 N–H and O–H groups in total. The Hall–Kier alpha value is -0.0800. The molecule has 0 aliphatic heterocycles. The highest BCUT2D eigenvalue weighted by Gasteiger charge is 2.71. The summed E-state index contributed by atoms with van der Waals surface area (Å²) in [7, 11) is 0. The molecule has 2 spiro atoms. The van der Waals surface area contributed by atoms with Crippen molar-refractivity contribution in [3.8, 4) is 0 Å². The van der Waals surface area contributed by atoms with Crippen molar-refractivity contribution < 1.29 is 4.74 Å². The molecule has 3 aliphatic rings. The molecule has 2 heteroatoms. The van der Waals surface area contributed by atoms with Gasteiger partial charge in [0.1, 0.15) is 0 Å². The van der Waals surface area contributed by atoms with Crippen molar-refractivity contribution in [1.29, 1.82) is 0 Å². The zero-order valence-corrected chi connectivity index (χ0v) is 9.85. The Labute approximate surface area is 92.8 Å². The van der Waals surface area contributed by atoms with Crippen LogP contribution in [0.15, 0.2) is 0 Å². The number of rotatable bonds is 5. The molecule has 86 valence electrons. The maximum absolute atomic E-state index is 6.05. The minimum Gasteiger partial charge on any atom is -0.376 e. The van der Waals surface area contributed by atoms with E-state index in [2.05, 4.69) is 12.2 Å². The van der Waals surface area contributed by atoms with Crippen LogP contribution in [0.4, 0.5) is 0 Å². The summed E-state index contributed by atoms with van der Waals surface area (Å²) in [5, 5.41) is 3.33. The summed E-state index contributed by atoms with van der Waals surface area (Å²) in [6.45, 7) is 5.14. The van der Waals surface area contributed by atoms with Crippen molar-refractivity contribution in [3.05, 3.63) is 0 Å². The molecule has 15 heavy (non-hydrogen) atoms. The summed E-state index contributed by atoms with van der Waals surface area (Å²) >= 11 is 0. The zero-order chi connectivity index (χ0) is 10.4. The van der Waals surface area contributed by atoms with Crippen LogP contribution in [0.3, 0.4) is 0 Å². The predicted octanol–water partition coefficient (Wildman–Crippen LogP) is 2.34. The number of likely N-dealkylation sites (N-methyl/N-ethyl adjacent to an activating group) is 1. The second kappa shape index (κ2) is 3.46. The van der Waals surface area contributed by atoms with Crippen molar-refractivity contribution >= 4 is 0 Å². The summed E-state index contributed by atoms with van der Waals surface area (Å²) in [5.74, 6) is 0. The Kier molecular flexibility index (Phi) is 2.33. The highest BCUT2D eigenvalue weighted by molar-refractivity contribution is 5.21. The largest absolute Gasteiger partial charge is 0.376 e. The van der Waals surface area contributed by atoms with Gasteiger partial charge in [-0.1, -0.05) is 6.92 Å². The molecule has 0 aromatic heterocycles. The summed E-state index contributed by atoms with van der Waals surface area (Å²) in [4.78, 5) is 0. The Bertz CT molecular complexity index is 245. The maximum Gasteiger partial charge on any atom is 0.0637 e. The van der Waals surface area contributed by atoms with E-state index in [1.807, 2.05) is 0 Å². The lowest BCUT2D eigenvalue weighted by molar-refractivity contribution is -0.199. The van der Waals surface area contributed by atoms with E-state index in [4.69, 9.17) is 4.74 Å². The van der Waals surface area contributed by atoms with Gasteiger partial charge in [0.05, 0.1) is 12.7 Å². The van der Waals surface area contributed by atoms with E-state index in [1.165, 1.54) is 38.5 Å². The van der Waals surface area contributed by atoms with Crippen LogP contribution in [-0.2, 0) is 4.74 Å². The van der Waals surface area contributed by atoms with Crippen molar-refractivity contribution in [2.45, 2.75) is 51.6 Å². The van der Waals surface area contributed by atoms with Gasteiger partial charge < -0.3 is 10.1 Å². The normalized spacial score (nSPS) is 40.2. The molecule has 0 bridgehead atoms. The third kappa shape index (κ3) is 1.31. The van der Waals surface area contributed by atoms with Gasteiger partial charge >= 0.3 is 0 Å². The van der Waals surface area contributed by atoms with E-state index in [-0.39, 0.29) is 0 Å². The summed E-state index contributed by atoms with van der Waals surface area (Å²) in [5.41, 5.74) is 1.45. The van der Waals surface area contributed by atoms with E-state index in [0.29, 0.717) is 11.5 Å². The fourth-order valence-corrected chi connectivity index (χ4v) is 3.89. The van der Waals surface area contributed by atoms with E-state index < -0.39 is 0 Å². The molecule has 0 radical (unpaired) electrons. The second-order valence-electron chi connectivity index (χ2n) is 5.69. The van der Waals surface area contributed by atoms with Gasteiger partial charge in [-0.2, -0.15) is 0 Å². The quantitative estimate of drug-likeness (QED) is 0.702. The van der Waals surface area contributed by atoms with Crippen molar-refractivity contribution in [2.24, 2.45) is 10.8 Å². The first kappa shape index (κ1) is 10.1. The van der Waals surface area contributed by atoms with Gasteiger partial charge in [0, 0.05) is 12.0 Å². The van der Waals surface area contributed by atoms with E-state index in [0.717, 1.165) is 25.1 Å². The topological polar surface area (TPSA) is 21.3 Å². The third-order valence-electron chi connectivity index (χ3n) is 5.28. The van der Waals surface area contributed by atoms with Crippen molar-refractivity contribution in [1.82, 2.24) is 5.32 Å². The molecule has 3 aliphatic carbocycles. The maximum atomic E-state index is 6.05. The zero-order valence-electron chi connectivity index (χ0n) is 9.85. The number of hydrogen-bond donors (Lipinski definition) is 1. The Balaban J connectivity index is 1.47. The lowest BCUT2D eigenvalue weighted by atomic mass is 9.46. The first-order valence-electron chi connectivity index (χ1n) is 6.65. The van der Waals surface area contributed by atoms with Gasteiger partial charge in [-0.3, -0.25) is 0 Å². The first-order valence-corrected chi connectivity index (χ1v) is 6.65. The standard InChI is InChI=1S/C13H23NO/c1-2-14-9-10-15-11-3-4-13(11)8-7-12(13)5-6-12/h11,14H,2-10H2,1H3/t11-,13-/m1/s1. The molecule has 0 saturated heterocycles. The molecule has 3 rings (SSSR count). The first-order chi connectivity index (χ1) is 7.33. The molecule has 2 atom stereocenters. The third-order valence-corrected chi connectivity index (χ3v) is 5.28. The number of hydrogen-bond acceptors (Lipinski definition) is 2. The van der Waals surface area contributed by atoms with Crippen LogP contribution in [0, 0.1) is 10.8 Å². The molecule has 0 unspecified atom stereocenters. The molecule has 3 saturated carbocycles. The second-order valence-corrected chi connectivity index (χ2v) is 5.69. The van der Waals surface area contributed by atoms with Crippen LogP contribution in [0.5, 0.6) is 0 Å². The Morgan fingerprint density at radius 3 is 2.47 bits per heavy atom. The van der Waals surface area contributed by atoms with Crippen LogP contribution in [0.1, 0.15) is 45.4 Å². The summed E-state index contributed by atoms with van der Waals surface area (Å²) in [6, 6.07) is 0. The fourth-order valence-electron chi connectivity index (χ4n) is 3.89. The van der Waals surface area contributed by atoms with Gasteiger partial charge in [0.15, 0.2) is 0 Å². The van der Waals surface area contributed by atoms with E-state index >= 15 is 0 Å². The van der Waals surface area contributed by atoms with Gasteiger partial charge in [-0.05, 0) is 50.5 Å². The lowest BCUT2D eigenvalue weighted by Crippen LogP contribution is -2.59. The van der Waals surface area contributed by atoms with Crippen LogP contribution < -0.4 is 5.32 Å². The van der Waals surface area contributed by atoms with Gasteiger partial charge in [-0.15, -0.1) is 0 Å². The van der Waals surface area contributed by atoms with Gasteiger partial charge in [0.2, 0.25) is 0 Å². The van der Waals surface area contributed by atoms with Crippen molar-refractivity contribution in [3.63, 3.8) is 0 Å². The molecular weight excluding hydrogens is 186 g/mol. The minimum atomic E-state index is 0.618. The van der Waals surface area contributed by atoms with Crippen LogP contribution in [0.2, 0.25) is 0 Å². The van der Waals surface area contributed by atoms with E-state index in [1.54, 1.807) is 0 Å². The van der Waals surface area contributed by atoms with Crippen LogP contribution >= 0.6 is 0 Å². The van der Waals surface area contributed by atoms with E-state index in [9.17, 15) is 0 Å². The molecular formula is C13H23NO. The highest BCUT2D eigenvalue weighted by Crippen LogP contribution is 2.78. The summed E-state index contributed by atoms with van der Waals surface area (Å²) in [6.07, 6.45) is 9.36. The Morgan fingerprint density at radius 1 is 1.20 bits per heavy atom. The SMILES string of the molecule is CCNCCO[C@@H]1CC[C@@]12CCC21CC1. The smallest absolute Gasteiger partial charge is 0.0637 e. The minimum absolute atomic E-state index is 0.618. The molecule has 2 nitrogen and oxygen atoms in total. The number of ether oxygens (including phenoxy) is 1. The van der Waals surface area contributed by atoms with Gasteiger partial charge in [0.25, 0.3) is 0 Å². The average molecular weight is 209 g/mol. The molecule has 0 aromatic rings. The highest BCUT2D eigenvalue weighted by atomic mass is 16.5. The molecule has 0 aromatic carbocycles. The van der Waals surface area contributed by atoms with Crippen LogP contribution in [-0.4, -0.2) is 25.8 Å². The predicted molar refractivity (Wildman–Crippen MR) is 60.9 cm³/mol. The molecule has 0 heterocycles. The monoisotopic (exact) mass is 209 g/mol. The Morgan fingerprint density at radius 2 is 2.00 bits per heavy atom. The molecule has 3 fully saturated rings.